The monoisotopic (exact) mass is 375 g/mol. The molecule has 1 aromatic carbocycles. The van der Waals surface area contributed by atoms with Crippen molar-refractivity contribution in [1.29, 1.82) is 0 Å². The van der Waals surface area contributed by atoms with Crippen molar-refractivity contribution in [3.63, 3.8) is 0 Å². The van der Waals surface area contributed by atoms with E-state index in [1.54, 1.807) is 17.5 Å². The predicted molar refractivity (Wildman–Crippen MR) is 100 cm³/mol. The number of amides is 1. The molecule has 7 heteroatoms. The Morgan fingerprint density at radius 2 is 2.00 bits per heavy atom. The quantitative estimate of drug-likeness (QED) is 0.805. The molecular formula is C16H23Cl2N3OS. The maximum Gasteiger partial charge on any atom is 0.222 e. The molecule has 0 aliphatic carbocycles. The maximum atomic E-state index is 12.3. The molecule has 0 radical (unpaired) electrons. The number of aromatic nitrogens is 1. The molecule has 0 spiro atoms. The van der Waals surface area contributed by atoms with Crippen LogP contribution < -0.4 is 11.1 Å². The van der Waals surface area contributed by atoms with Gasteiger partial charge in [0.1, 0.15) is 5.01 Å². The van der Waals surface area contributed by atoms with Crippen LogP contribution in [0.5, 0.6) is 0 Å². The number of nitrogens with zero attached hydrogens (tertiary/aromatic N) is 1. The topological polar surface area (TPSA) is 68.0 Å². The number of rotatable bonds is 6. The number of halogens is 2. The Labute approximate surface area is 153 Å². The Bertz CT molecular complexity index is 580. The highest BCUT2D eigenvalue weighted by Gasteiger charge is 2.29. The van der Waals surface area contributed by atoms with Crippen LogP contribution in [0, 0.1) is 0 Å². The number of benzene rings is 1. The fourth-order valence-corrected chi connectivity index (χ4v) is 2.99. The molecule has 0 saturated heterocycles. The predicted octanol–water partition coefficient (Wildman–Crippen LogP) is 3.82. The molecule has 128 valence electrons. The van der Waals surface area contributed by atoms with E-state index in [0.29, 0.717) is 0 Å². The lowest BCUT2D eigenvalue weighted by molar-refractivity contribution is -0.123. The minimum Gasteiger partial charge on any atom is -0.344 e. The van der Waals surface area contributed by atoms with Gasteiger partial charge in [0.15, 0.2) is 0 Å². The molecule has 0 bridgehead atoms. The fraction of sp³-hybridized carbons (Fsp3) is 0.375. The summed E-state index contributed by atoms with van der Waals surface area (Å²) < 4.78 is 0. The number of carbonyl (C=O) groups excluding carboxylic acids is 1. The van der Waals surface area contributed by atoms with Crippen LogP contribution in [-0.2, 0) is 10.3 Å². The molecule has 2 atom stereocenters. The van der Waals surface area contributed by atoms with Gasteiger partial charge in [-0.25, -0.2) is 4.98 Å². The molecule has 2 unspecified atom stereocenters. The third kappa shape index (κ3) is 5.77. The lowest BCUT2D eigenvalue weighted by Crippen LogP contribution is -2.43. The van der Waals surface area contributed by atoms with Crippen molar-refractivity contribution in [2.75, 3.05) is 0 Å². The normalized spacial score (nSPS) is 13.9. The lowest BCUT2D eigenvalue weighted by Gasteiger charge is -2.28. The Kier molecular flexibility index (Phi) is 9.39. The van der Waals surface area contributed by atoms with Gasteiger partial charge >= 0.3 is 0 Å². The number of nitrogens with one attached hydrogen (secondary N) is 1. The molecule has 1 aromatic heterocycles. The number of nitrogens with two attached hydrogens (primary N) is 1. The summed E-state index contributed by atoms with van der Waals surface area (Å²) in [5, 5.41) is 5.92. The standard InChI is InChI=1S/C16H21N3OS.2ClH/c1-3-16(2,15-18-9-10-21-15)19-14(20)11-13(17)12-7-5-4-6-8-12;;/h4-10,13H,3,11,17H2,1-2H3,(H,19,20);2*1H. The molecule has 3 N–H and O–H groups in total. The van der Waals surface area contributed by atoms with Crippen LogP contribution in [0.3, 0.4) is 0 Å². The molecular weight excluding hydrogens is 353 g/mol. The van der Waals surface area contributed by atoms with E-state index >= 15 is 0 Å². The second kappa shape index (κ2) is 9.88. The molecule has 2 rings (SSSR count). The SMILES string of the molecule is CCC(C)(NC(=O)CC(N)c1ccccc1)c1nccs1.Cl.Cl. The highest BCUT2D eigenvalue weighted by Crippen LogP contribution is 2.26. The molecule has 0 saturated carbocycles. The number of carbonyl (C=O) groups is 1. The molecule has 0 aliphatic heterocycles. The molecule has 2 aromatic rings. The van der Waals surface area contributed by atoms with Gasteiger partial charge in [-0.15, -0.1) is 36.2 Å². The first-order valence-electron chi connectivity index (χ1n) is 7.06. The zero-order chi connectivity index (χ0) is 15.3. The van der Waals surface area contributed by atoms with E-state index in [1.165, 1.54) is 0 Å². The smallest absolute Gasteiger partial charge is 0.222 e. The van der Waals surface area contributed by atoms with Crippen molar-refractivity contribution in [1.82, 2.24) is 10.3 Å². The van der Waals surface area contributed by atoms with Gasteiger partial charge in [0.2, 0.25) is 5.91 Å². The zero-order valence-corrected chi connectivity index (χ0v) is 15.6. The van der Waals surface area contributed by atoms with Crippen LogP contribution in [0.15, 0.2) is 41.9 Å². The van der Waals surface area contributed by atoms with Crippen molar-refractivity contribution in [3.05, 3.63) is 52.5 Å². The Morgan fingerprint density at radius 3 is 2.52 bits per heavy atom. The van der Waals surface area contributed by atoms with Gasteiger partial charge in [-0.1, -0.05) is 37.3 Å². The maximum absolute atomic E-state index is 12.3. The van der Waals surface area contributed by atoms with Gasteiger partial charge in [0.25, 0.3) is 0 Å². The average Bonchev–Trinajstić information content (AvgIpc) is 3.02. The first kappa shape index (κ1) is 21.9. The summed E-state index contributed by atoms with van der Waals surface area (Å²) in [5.74, 6) is -0.0501. The van der Waals surface area contributed by atoms with E-state index < -0.39 is 5.54 Å². The Hall–Kier alpha value is -1.14. The number of hydrogen-bond donors (Lipinski definition) is 2. The summed E-state index contributed by atoms with van der Waals surface area (Å²) in [5.41, 5.74) is 6.64. The summed E-state index contributed by atoms with van der Waals surface area (Å²) in [6.07, 6.45) is 2.81. The van der Waals surface area contributed by atoms with E-state index in [1.807, 2.05) is 49.6 Å². The van der Waals surface area contributed by atoms with Crippen molar-refractivity contribution in [2.24, 2.45) is 5.73 Å². The van der Waals surface area contributed by atoms with Gasteiger partial charge in [-0.05, 0) is 18.9 Å². The fourth-order valence-electron chi connectivity index (χ4n) is 2.17. The highest BCUT2D eigenvalue weighted by atomic mass is 35.5. The summed E-state index contributed by atoms with van der Waals surface area (Å²) in [7, 11) is 0. The molecule has 4 nitrogen and oxygen atoms in total. The second-order valence-electron chi connectivity index (χ2n) is 5.29. The third-order valence-electron chi connectivity index (χ3n) is 3.66. The lowest BCUT2D eigenvalue weighted by atomic mass is 9.98. The van der Waals surface area contributed by atoms with Crippen LogP contribution in [0.2, 0.25) is 0 Å². The Balaban J connectivity index is 0.00000242. The third-order valence-corrected chi connectivity index (χ3v) is 4.70. The summed E-state index contributed by atoms with van der Waals surface area (Å²) >= 11 is 1.55. The van der Waals surface area contributed by atoms with Gasteiger partial charge in [-0.3, -0.25) is 4.79 Å². The van der Waals surface area contributed by atoms with Crippen LogP contribution in [0.1, 0.15) is 43.3 Å². The van der Waals surface area contributed by atoms with Crippen molar-refractivity contribution in [3.8, 4) is 0 Å². The highest BCUT2D eigenvalue weighted by molar-refractivity contribution is 7.09. The summed E-state index contributed by atoms with van der Waals surface area (Å²) in [6, 6.07) is 9.39. The minimum atomic E-state index is -0.429. The van der Waals surface area contributed by atoms with E-state index in [-0.39, 0.29) is 43.2 Å². The van der Waals surface area contributed by atoms with E-state index in [2.05, 4.69) is 10.3 Å². The first-order valence-corrected chi connectivity index (χ1v) is 7.94. The van der Waals surface area contributed by atoms with Crippen molar-refractivity contribution in [2.45, 2.75) is 38.3 Å². The van der Waals surface area contributed by atoms with Gasteiger partial charge in [-0.2, -0.15) is 0 Å². The number of thiazole rings is 1. The average molecular weight is 376 g/mol. The first-order chi connectivity index (χ1) is 10.0. The van der Waals surface area contributed by atoms with Crippen LogP contribution >= 0.6 is 36.2 Å². The minimum absolute atomic E-state index is 0. The van der Waals surface area contributed by atoms with Crippen LogP contribution in [0.25, 0.3) is 0 Å². The molecule has 1 heterocycles. The molecule has 1 amide bonds. The van der Waals surface area contributed by atoms with Crippen molar-refractivity contribution < 1.29 is 4.79 Å². The second-order valence-corrected chi connectivity index (χ2v) is 6.19. The van der Waals surface area contributed by atoms with E-state index in [9.17, 15) is 4.79 Å². The van der Waals surface area contributed by atoms with E-state index in [4.69, 9.17) is 5.73 Å². The zero-order valence-electron chi connectivity index (χ0n) is 13.2. The summed E-state index contributed by atoms with van der Waals surface area (Å²) in [4.78, 5) is 16.6. The molecule has 0 fully saturated rings. The van der Waals surface area contributed by atoms with Gasteiger partial charge in [0.05, 0.1) is 5.54 Å². The van der Waals surface area contributed by atoms with E-state index in [0.717, 1.165) is 17.0 Å². The molecule has 23 heavy (non-hydrogen) atoms. The largest absolute Gasteiger partial charge is 0.344 e. The number of hydrogen-bond acceptors (Lipinski definition) is 4. The Morgan fingerprint density at radius 1 is 1.35 bits per heavy atom. The van der Waals surface area contributed by atoms with Crippen LogP contribution in [0.4, 0.5) is 0 Å². The van der Waals surface area contributed by atoms with Crippen molar-refractivity contribution >= 4 is 42.1 Å². The van der Waals surface area contributed by atoms with Gasteiger partial charge in [0, 0.05) is 24.0 Å². The molecule has 0 aliphatic rings. The van der Waals surface area contributed by atoms with Crippen LogP contribution in [-0.4, -0.2) is 10.9 Å². The summed E-state index contributed by atoms with van der Waals surface area (Å²) in [6.45, 7) is 4.04. The van der Waals surface area contributed by atoms with Gasteiger partial charge < -0.3 is 11.1 Å².